The molecule has 1 rings (SSSR count). The molecule has 0 aliphatic rings. The lowest BCUT2D eigenvalue weighted by Crippen LogP contribution is -2.29. The Morgan fingerprint density at radius 1 is 1.55 bits per heavy atom. The van der Waals surface area contributed by atoms with E-state index in [0.717, 1.165) is 0 Å². The van der Waals surface area contributed by atoms with Crippen LogP contribution in [0.2, 0.25) is 0 Å². The first kappa shape index (κ1) is 17.2. The molecule has 1 unspecified atom stereocenters. The number of nitrogens with zero attached hydrogens (tertiary/aromatic N) is 3. The number of para-hydroxylation sites is 1. The summed E-state index contributed by atoms with van der Waals surface area (Å²) in [5.74, 6) is -0.709. The van der Waals surface area contributed by atoms with Crippen molar-refractivity contribution in [1.29, 1.82) is 5.26 Å². The molecule has 0 aliphatic heterocycles. The Morgan fingerprint density at radius 2 is 2.18 bits per heavy atom. The van der Waals surface area contributed by atoms with Crippen molar-refractivity contribution in [3.8, 4) is 6.19 Å². The van der Waals surface area contributed by atoms with Gasteiger partial charge in [0.25, 0.3) is 5.69 Å². The molecule has 0 N–H and O–H groups in total. The van der Waals surface area contributed by atoms with Crippen LogP contribution in [0.15, 0.2) is 36.4 Å². The Hall–Kier alpha value is -2.88. The number of ether oxygens (including phenoxy) is 1. The Balaban J connectivity index is 3.44. The highest BCUT2D eigenvalue weighted by atomic mass is 16.6. The van der Waals surface area contributed by atoms with E-state index in [1.165, 1.54) is 30.2 Å². The summed E-state index contributed by atoms with van der Waals surface area (Å²) in [6.07, 6.45) is 2.61. The van der Waals surface area contributed by atoms with Crippen molar-refractivity contribution in [2.24, 2.45) is 0 Å². The zero-order chi connectivity index (χ0) is 16.7. The molecular weight excluding hydrogens is 286 g/mol. The molecule has 1 aromatic rings. The van der Waals surface area contributed by atoms with Gasteiger partial charge in [0.1, 0.15) is 6.04 Å². The third-order valence-electron chi connectivity index (χ3n) is 3.11. The van der Waals surface area contributed by atoms with Crippen molar-refractivity contribution < 1.29 is 14.5 Å². The van der Waals surface area contributed by atoms with Crippen LogP contribution in [0.3, 0.4) is 0 Å². The zero-order valence-corrected chi connectivity index (χ0v) is 12.5. The summed E-state index contributed by atoms with van der Waals surface area (Å²) in [6, 6.07) is 5.04. The molecule has 116 valence electrons. The number of rotatable bonds is 7. The molecule has 7 nitrogen and oxygen atoms in total. The van der Waals surface area contributed by atoms with Crippen LogP contribution in [0.4, 0.5) is 5.69 Å². The second kappa shape index (κ2) is 7.78. The van der Waals surface area contributed by atoms with Gasteiger partial charge in [0.15, 0.2) is 6.19 Å². The molecule has 0 radical (unpaired) electrons. The van der Waals surface area contributed by atoms with E-state index in [0.29, 0.717) is 13.0 Å². The molecule has 22 heavy (non-hydrogen) atoms. The maximum Gasteiger partial charge on any atom is 0.335 e. The minimum absolute atomic E-state index is 0.0215. The molecule has 0 saturated carbocycles. The molecule has 0 aromatic heterocycles. The first-order valence-corrected chi connectivity index (χ1v) is 6.64. The Morgan fingerprint density at radius 3 is 2.68 bits per heavy atom. The van der Waals surface area contributed by atoms with E-state index in [-0.39, 0.29) is 16.8 Å². The number of methoxy groups -OCH3 is 1. The van der Waals surface area contributed by atoms with E-state index in [1.54, 1.807) is 6.07 Å². The van der Waals surface area contributed by atoms with E-state index < -0.39 is 16.9 Å². The highest BCUT2D eigenvalue weighted by Gasteiger charge is 2.32. The van der Waals surface area contributed by atoms with Gasteiger partial charge in [-0.25, -0.2) is 4.79 Å². The van der Waals surface area contributed by atoms with Crippen LogP contribution in [0.5, 0.6) is 0 Å². The molecule has 7 heteroatoms. The fourth-order valence-electron chi connectivity index (χ4n) is 2.15. The van der Waals surface area contributed by atoms with Crippen molar-refractivity contribution >= 4 is 11.7 Å². The molecule has 0 heterocycles. The average molecular weight is 303 g/mol. The predicted octanol–water partition coefficient (Wildman–Crippen LogP) is 2.56. The summed E-state index contributed by atoms with van der Waals surface area (Å²) in [5.41, 5.74) is 0.0404. The van der Waals surface area contributed by atoms with Crippen LogP contribution in [-0.2, 0) is 9.53 Å². The van der Waals surface area contributed by atoms with E-state index in [1.807, 2.05) is 13.1 Å². The van der Waals surface area contributed by atoms with Crippen molar-refractivity contribution in [2.75, 3.05) is 13.7 Å². The van der Waals surface area contributed by atoms with Crippen LogP contribution in [-0.4, -0.2) is 29.4 Å². The summed E-state index contributed by atoms with van der Waals surface area (Å²) in [4.78, 5) is 23.8. The smallest absolute Gasteiger partial charge is 0.335 e. The number of nitro groups is 1. The lowest BCUT2D eigenvalue weighted by Gasteiger charge is -2.27. The minimum atomic E-state index is -0.931. The number of esters is 1. The van der Waals surface area contributed by atoms with Gasteiger partial charge in [-0.1, -0.05) is 25.6 Å². The first-order chi connectivity index (χ1) is 10.5. The van der Waals surface area contributed by atoms with Gasteiger partial charge in [0.05, 0.1) is 23.2 Å². The van der Waals surface area contributed by atoms with Gasteiger partial charge in [0, 0.05) is 12.6 Å². The largest absolute Gasteiger partial charge is 0.466 e. The van der Waals surface area contributed by atoms with Gasteiger partial charge >= 0.3 is 5.97 Å². The van der Waals surface area contributed by atoms with Crippen LogP contribution in [0.25, 0.3) is 0 Å². The Kier molecular flexibility index (Phi) is 6.08. The number of nitro benzene ring substituents is 1. The third-order valence-corrected chi connectivity index (χ3v) is 3.11. The van der Waals surface area contributed by atoms with E-state index in [9.17, 15) is 20.2 Å². The van der Waals surface area contributed by atoms with Gasteiger partial charge < -0.3 is 4.74 Å². The van der Waals surface area contributed by atoms with Crippen molar-refractivity contribution in [1.82, 2.24) is 4.90 Å². The Bertz CT molecular complexity index is 621. The number of carbonyl (C=O) groups is 1. The highest BCUT2D eigenvalue weighted by Crippen LogP contribution is 2.34. The lowest BCUT2D eigenvalue weighted by atomic mass is 9.96. The third kappa shape index (κ3) is 3.61. The number of hydrogen-bond acceptors (Lipinski definition) is 6. The van der Waals surface area contributed by atoms with E-state index in [2.05, 4.69) is 11.3 Å². The summed E-state index contributed by atoms with van der Waals surface area (Å²) < 4.78 is 4.64. The molecule has 0 spiro atoms. The van der Waals surface area contributed by atoms with Crippen LogP contribution < -0.4 is 0 Å². The lowest BCUT2D eigenvalue weighted by molar-refractivity contribution is -0.385. The van der Waals surface area contributed by atoms with Crippen molar-refractivity contribution in [3.05, 3.63) is 52.1 Å². The quantitative estimate of drug-likeness (QED) is 0.192. The maximum absolute atomic E-state index is 11.8. The van der Waals surface area contributed by atoms with Gasteiger partial charge in [-0.2, -0.15) is 5.26 Å². The standard InChI is InChI=1S/C15H17N3O4/c1-4-9-17(10-16)14(11(2)15(19)22-3)12-7-5-6-8-13(12)18(20)21/h5-8,14H,2,4,9H2,1,3H3. The maximum atomic E-state index is 11.8. The molecule has 0 fully saturated rings. The van der Waals surface area contributed by atoms with E-state index >= 15 is 0 Å². The van der Waals surface area contributed by atoms with Gasteiger partial charge in [-0.05, 0) is 12.5 Å². The summed E-state index contributed by atoms with van der Waals surface area (Å²) >= 11 is 0. The Labute approximate surface area is 128 Å². The summed E-state index contributed by atoms with van der Waals surface area (Å²) in [7, 11) is 1.19. The average Bonchev–Trinajstić information content (AvgIpc) is 2.53. The van der Waals surface area contributed by atoms with Crippen molar-refractivity contribution in [3.63, 3.8) is 0 Å². The molecule has 0 amide bonds. The molecule has 0 saturated heterocycles. The van der Waals surface area contributed by atoms with Crippen LogP contribution in [0.1, 0.15) is 24.9 Å². The second-order valence-corrected chi connectivity index (χ2v) is 4.53. The fraction of sp³-hybridized carbons (Fsp3) is 0.333. The minimum Gasteiger partial charge on any atom is -0.466 e. The number of carbonyl (C=O) groups excluding carboxylic acids is 1. The predicted molar refractivity (Wildman–Crippen MR) is 79.6 cm³/mol. The van der Waals surface area contributed by atoms with Crippen molar-refractivity contribution in [2.45, 2.75) is 19.4 Å². The number of benzene rings is 1. The number of nitriles is 1. The zero-order valence-electron chi connectivity index (χ0n) is 12.5. The first-order valence-electron chi connectivity index (χ1n) is 6.64. The molecular formula is C15H17N3O4. The molecule has 0 bridgehead atoms. The second-order valence-electron chi connectivity index (χ2n) is 4.53. The normalized spacial score (nSPS) is 11.1. The monoisotopic (exact) mass is 303 g/mol. The summed E-state index contributed by atoms with van der Waals surface area (Å²) in [5, 5.41) is 20.5. The molecule has 0 aliphatic carbocycles. The topological polar surface area (TPSA) is 96.5 Å². The van der Waals surface area contributed by atoms with Gasteiger partial charge in [-0.3, -0.25) is 15.0 Å². The van der Waals surface area contributed by atoms with Crippen LogP contribution >= 0.6 is 0 Å². The molecule has 1 atom stereocenters. The fourth-order valence-corrected chi connectivity index (χ4v) is 2.15. The SMILES string of the molecule is C=C(C(=O)OC)C(c1ccccc1[N+](=O)[O-])N(C#N)CCC. The van der Waals surface area contributed by atoms with E-state index in [4.69, 9.17) is 0 Å². The highest BCUT2D eigenvalue weighted by molar-refractivity contribution is 5.89. The number of hydrogen-bond donors (Lipinski definition) is 0. The summed E-state index contributed by atoms with van der Waals surface area (Å²) in [6.45, 7) is 5.86. The van der Waals surface area contributed by atoms with Gasteiger partial charge in [-0.15, -0.1) is 0 Å². The van der Waals surface area contributed by atoms with Crippen LogP contribution in [0, 0.1) is 21.6 Å². The van der Waals surface area contributed by atoms with Gasteiger partial charge in [0.2, 0.25) is 0 Å². The molecule has 1 aromatic carbocycles.